The minimum atomic E-state index is -4.02. The van der Waals surface area contributed by atoms with Crippen LogP contribution in [0.2, 0.25) is 0 Å². The van der Waals surface area contributed by atoms with Crippen molar-refractivity contribution in [3.63, 3.8) is 0 Å². The molecule has 16 nitrogen and oxygen atoms in total. The number of hydrogen-bond donors (Lipinski definition) is 3. The van der Waals surface area contributed by atoms with E-state index in [1.54, 1.807) is 6.92 Å². The van der Waals surface area contributed by atoms with E-state index < -0.39 is 73.6 Å². The van der Waals surface area contributed by atoms with Crippen LogP contribution in [-0.4, -0.2) is 127 Å². The lowest BCUT2D eigenvalue weighted by Gasteiger charge is -2.47. The van der Waals surface area contributed by atoms with Gasteiger partial charge in [-0.3, -0.25) is 19.1 Å². The number of likely N-dealkylation sites (tertiary alicyclic amines) is 1. The molecule has 0 spiro atoms. The average Bonchev–Trinajstić information content (AvgIpc) is 4.12. The Kier molecular flexibility index (Phi) is 12.1. The van der Waals surface area contributed by atoms with Crippen LogP contribution in [0.25, 0.3) is 10.9 Å². The molecule has 3 N–H and O–H groups in total. The molecule has 10 rings (SSSR count). The Balaban J connectivity index is 0.991. The minimum absolute atomic E-state index is 0.0283. The van der Waals surface area contributed by atoms with Crippen LogP contribution < -0.4 is 24.8 Å². The van der Waals surface area contributed by atoms with Crippen LogP contribution in [0.15, 0.2) is 36.9 Å². The molecule has 1 aromatic heterocycles. The highest BCUT2D eigenvalue weighted by Crippen LogP contribution is 2.48. The van der Waals surface area contributed by atoms with Crippen LogP contribution in [0.1, 0.15) is 104 Å². The van der Waals surface area contributed by atoms with E-state index in [9.17, 15) is 22.8 Å². The maximum absolute atomic E-state index is 15.0. The second-order valence-corrected chi connectivity index (χ2v) is 24.6. The van der Waals surface area contributed by atoms with Gasteiger partial charge in [-0.15, -0.1) is 6.58 Å². The molecule has 2 aromatic rings. The molecule has 8 aliphatic rings. The zero-order chi connectivity index (χ0) is 47.0. The van der Waals surface area contributed by atoms with Crippen molar-refractivity contribution < 1.29 is 46.5 Å². The number of ether oxygens (including phenoxy) is 4. The molecule has 4 amide bonds. The summed E-state index contributed by atoms with van der Waals surface area (Å²) in [5.41, 5.74) is -0.839. The first kappa shape index (κ1) is 46.3. The van der Waals surface area contributed by atoms with Crippen LogP contribution >= 0.6 is 0 Å². The third-order valence-corrected chi connectivity index (χ3v) is 18.1. The lowest BCUT2D eigenvalue weighted by atomic mass is 9.84. The molecule has 4 saturated carbocycles. The van der Waals surface area contributed by atoms with Crippen molar-refractivity contribution in [2.24, 2.45) is 35.0 Å². The molecule has 1 aromatic carbocycles. The van der Waals surface area contributed by atoms with Gasteiger partial charge in [0.05, 0.1) is 35.6 Å². The van der Waals surface area contributed by atoms with Crippen molar-refractivity contribution in [3.05, 3.63) is 42.5 Å². The highest BCUT2D eigenvalue weighted by molar-refractivity contribution is 7.91. The summed E-state index contributed by atoms with van der Waals surface area (Å²) in [4.78, 5) is 66.4. The maximum atomic E-state index is 15.0. The van der Waals surface area contributed by atoms with Gasteiger partial charge in [-0.2, -0.15) is 0 Å². The Morgan fingerprint density at radius 1 is 1.00 bits per heavy atom. The summed E-state index contributed by atoms with van der Waals surface area (Å²) >= 11 is 0. The summed E-state index contributed by atoms with van der Waals surface area (Å²) in [5, 5.41) is 6.65. The van der Waals surface area contributed by atoms with Gasteiger partial charge in [0.15, 0.2) is 0 Å². The summed E-state index contributed by atoms with van der Waals surface area (Å²) in [6.45, 7) is 15.2. The second-order valence-electron chi connectivity index (χ2n) is 22.4. The van der Waals surface area contributed by atoms with Crippen LogP contribution in [0.5, 0.6) is 11.6 Å². The topological polar surface area (TPSA) is 195 Å². The summed E-state index contributed by atoms with van der Waals surface area (Å²) < 4.78 is 54.0. The first-order valence-electron chi connectivity index (χ1n) is 24.8. The fourth-order valence-electron chi connectivity index (χ4n) is 11.1. The van der Waals surface area contributed by atoms with Gasteiger partial charge < -0.3 is 39.4 Å². The fraction of sp³-hybridized carbons (Fsp3) is 0.700. The molecule has 364 valence electrons. The van der Waals surface area contributed by atoms with Gasteiger partial charge in [-0.1, -0.05) is 51.8 Å². The number of rotatable bonds is 10. The van der Waals surface area contributed by atoms with Crippen molar-refractivity contribution in [3.8, 4) is 11.6 Å². The van der Waals surface area contributed by atoms with Crippen LogP contribution in [0, 0.1) is 35.0 Å². The molecule has 67 heavy (non-hydrogen) atoms. The smallest absolute Gasteiger partial charge is 0.408 e. The van der Waals surface area contributed by atoms with Crippen molar-refractivity contribution in [2.75, 3.05) is 39.4 Å². The van der Waals surface area contributed by atoms with Crippen LogP contribution in [0.3, 0.4) is 0 Å². The zero-order valence-corrected chi connectivity index (χ0v) is 40.2. The van der Waals surface area contributed by atoms with E-state index in [1.165, 1.54) is 23.8 Å². The second kappa shape index (κ2) is 17.5. The van der Waals surface area contributed by atoms with E-state index >= 15 is 4.79 Å². The third kappa shape index (κ3) is 9.37. The summed E-state index contributed by atoms with van der Waals surface area (Å²) in [7, 11) is -4.02. The Labute approximate surface area is 394 Å². The van der Waals surface area contributed by atoms with Crippen LogP contribution in [0.4, 0.5) is 4.79 Å². The van der Waals surface area contributed by atoms with E-state index in [0.29, 0.717) is 43.9 Å². The van der Waals surface area contributed by atoms with Crippen molar-refractivity contribution in [2.45, 2.75) is 145 Å². The molecule has 7 fully saturated rings. The van der Waals surface area contributed by atoms with E-state index in [1.807, 2.05) is 39.0 Å². The van der Waals surface area contributed by atoms with Gasteiger partial charge >= 0.3 is 6.09 Å². The van der Waals surface area contributed by atoms with E-state index in [2.05, 4.69) is 32.9 Å². The van der Waals surface area contributed by atoms with Gasteiger partial charge in [0, 0.05) is 49.2 Å². The van der Waals surface area contributed by atoms with Gasteiger partial charge in [0.25, 0.3) is 5.91 Å². The molecule has 2 unspecified atom stereocenters. The lowest BCUT2D eigenvalue weighted by molar-refractivity contribution is -0.142. The van der Waals surface area contributed by atoms with E-state index in [0.717, 1.165) is 74.4 Å². The number of alkyl carbamates (subject to hydrolysis) is 1. The number of carbonyl (C=O) groups excluding carboxylic acids is 4. The van der Waals surface area contributed by atoms with Gasteiger partial charge in [0.2, 0.25) is 27.7 Å². The van der Waals surface area contributed by atoms with Crippen LogP contribution in [-0.2, 0) is 40.3 Å². The Bertz CT molecular complexity index is 2400. The van der Waals surface area contributed by atoms with Crippen molar-refractivity contribution in [1.29, 1.82) is 0 Å². The SMILES string of the molecule is C=C[C@@H]1C[C@]1(NC(=O)[C@@H]1C[C@@H]2CN1C(=O)[C@H](C(C)(C)C)NC(=O)O[C@@H]1C[C@H]1CCCCCc1c(nc3ccccc3c1OC1C3COCC1CN(CC1CC1)C3)O2)C(=O)NS(=O)(=O)C1(C)CC1. The number of nitrogens with zero attached hydrogens (tertiary/aromatic N) is 3. The predicted molar refractivity (Wildman–Crippen MR) is 248 cm³/mol. The van der Waals surface area contributed by atoms with E-state index in [4.69, 9.17) is 23.9 Å². The number of sulfonamides is 1. The summed E-state index contributed by atoms with van der Waals surface area (Å²) in [6, 6.07) is 5.68. The fourth-order valence-corrected chi connectivity index (χ4v) is 12.4. The number of nitrogens with one attached hydrogen (secondary N) is 3. The normalized spacial score (nSPS) is 34.1. The molecule has 17 heteroatoms. The monoisotopic (exact) mass is 944 g/mol. The third-order valence-electron chi connectivity index (χ3n) is 15.9. The maximum Gasteiger partial charge on any atom is 0.408 e. The molecule has 5 heterocycles. The molecule has 4 aliphatic heterocycles. The summed E-state index contributed by atoms with van der Waals surface area (Å²) in [5.74, 6) is 0.0334. The first-order valence-corrected chi connectivity index (χ1v) is 26.3. The number of amides is 4. The molecule has 0 radical (unpaired) electrons. The van der Waals surface area contributed by atoms with Gasteiger partial charge in [-0.05, 0) is 94.1 Å². The Morgan fingerprint density at radius 2 is 1.75 bits per heavy atom. The summed E-state index contributed by atoms with van der Waals surface area (Å²) in [6.07, 6.45) is 8.43. The number of piperidine rings is 1. The Hall–Kier alpha value is -4.48. The first-order chi connectivity index (χ1) is 31.9. The number of pyridine rings is 1. The Morgan fingerprint density at radius 3 is 2.43 bits per heavy atom. The van der Waals surface area contributed by atoms with Gasteiger partial charge in [0.1, 0.15) is 41.7 Å². The molecule has 3 saturated heterocycles. The number of carbonyl (C=O) groups is 4. The standard InChI is InChI=1S/C50H68N6O10S/c1-6-33-22-50(33,46(59)54-67(61,62)49(5)18-19-49)53-43(57)38-21-34-26-56(38)45(58)42(48(2,3)4)52-47(60)65-39-20-30(39)12-8-7-9-14-36-41(35-13-10-11-15-37(35)51-44(36)64-34)66-40-31-24-55(23-29-16-17-29)25-32(40)28-63-27-31/h6,10-11,13,15,29-34,38-40,42H,1,7-9,12,14,16-28H2,2-5H3,(H,52,60)(H,53,57)(H,54,59)/t30-,31?,32?,33-,34-,38+,39-,40?,42-,50-/m1/s1. The highest BCUT2D eigenvalue weighted by atomic mass is 32.2. The number of benzene rings is 1. The zero-order valence-electron chi connectivity index (χ0n) is 39.4. The molecule has 4 aliphatic carbocycles. The molecule has 4 bridgehead atoms. The number of para-hydroxylation sites is 1. The van der Waals surface area contributed by atoms with Crippen molar-refractivity contribution >= 4 is 44.7 Å². The average molecular weight is 945 g/mol. The highest BCUT2D eigenvalue weighted by Gasteiger charge is 2.63. The lowest BCUT2D eigenvalue weighted by Crippen LogP contribution is -2.60. The molecular weight excluding hydrogens is 877 g/mol. The van der Waals surface area contributed by atoms with Crippen molar-refractivity contribution in [1.82, 2.24) is 30.1 Å². The number of aromatic nitrogens is 1. The number of hydrogen-bond acceptors (Lipinski definition) is 12. The number of fused-ring (bicyclic) bond motifs is 7. The van der Waals surface area contributed by atoms with E-state index in [-0.39, 0.29) is 49.3 Å². The molecular formula is C50H68N6O10S. The quantitative estimate of drug-likeness (QED) is 0.270. The largest absolute Gasteiger partial charge is 0.488 e. The van der Waals surface area contributed by atoms with Gasteiger partial charge in [-0.25, -0.2) is 18.2 Å². The minimum Gasteiger partial charge on any atom is -0.488 e. The molecule has 9 atom stereocenters. The predicted octanol–water partition coefficient (Wildman–Crippen LogP) is 5.02.